The van der Waals surface area contributed by atoms with Gasteiger partial charge in [0.2, 0.25) is 5.91 Å². The first-order valence-corrected chi connectivity index (χ1v) is 7.24. The summed E-state index contributed by atoms with van der Waals surface area (Å²) in [6.45, 7) is 3.33. The molecule has 2 rings (SSSR count). The number of aliphatic carboxylic acids is 1. The van der Waals surface area contributed by atoms with Crippen LogP contribution in [-0.4, -0.2) is 53.3 Å². The Kier molecular flexibility index (Phi) is 7.40. The molecule has 0 spiro atoms. The fraction of sp³-hybridized carbons (Fsp3) is 0.429. The molecule has 1 amide bonds. The van der Waals surface area contributed by atoms with Crippen LogP contribution in [0.4, 0.5) is 13.2 Å². The molecule has 25 heavy (non-hydrogen) atoms. The molecular formula is C14H18BF3N2O5. The van der Waals surface area contributed by atoms with Gasteiger partial charge in [0.15, 0.2) is 0 Å². The van der Waals surface area contributed by atoms with Crippen molar-refractivity contribution in [2.45, 2.75) is 26.3 Å². The van der Waals surface area contributed by atoms with Gasteiger partial charge in [0.05, 0.1) is 6.61 Å². The SMILES string of the molecule is CC(=O)N(CCN)Cc1cccc2c1B(O)OC2.O=C(O)C(F)(F)F. The highest BCUT2D eigenvalue weighted by Gasteiger charge is 2.38. The molecule has 0 bridgehead atoms. The number of fused-ring (bicyclic) bond motifs is 1. The molecule has 0 aliphatic carbocycles. The summed E-state index contributed by atoms with van der Waals surface area (Å²) in [4.78, 5) is 22.1. The first kappa shape index (κ1) is 20.9. The summed E-state index contributed by atoms with van der Waals surface area (Å²) in [5.74, 6) is -2.78. The Morgan fingerprint density at radius 2 is 2.00 bits per heavy atom. The molecular weight excluding hydrogens is 344 g/mol. The van der Waals surface area contributed by atoms with Crippen LogP contribution in [0.1, 0.15) is 18.1 Å². The Bertz CT molecular complexity index is 627. The minimum absolute atomic E-state index is 0.0218. The second-order valence-electron chi connectivity index (χ2n) is 5.19. The normalized spacial score (nSPS) is 13.0. The Hall–Kier alpha value is -2.11. The van der Waals surface area contributed by atoms with E-state index in [1.165, 1.54) is 6.92 Å². The van der Waals surface area contributed by atoms with Crippen LogP contribution < -0.4 is 11.2 Å². The third kappa shape index (κ3) is 6.03. The van der Waals surface area contributed by atoms with Crippen LogP contribution >= 0.6 is 0 Å². The van der Waals surface area contributed by atoms with E-state index in [-0.39, 0.29) is 5.91 Å². The molecule has 0 saturated carbocycles. The van der Waals surface area contributed by atoms with Crippen molar-refractivity contribution in [2.75, 3.05) is 13.1 Å². The molecule has 0 aromatic heterocycles. The molecule has 0 radical (unpaired) electrons. The molecule has 1 aromatic carbocycles. The van der Waals surface area contributed by atoms with Crippen molar-refractivity contribution >= 4 is 24.5 Å². The second-order valence-corrected chi connectivity index (χ2v) is 5.19. The minimum atomic E-state index is -5.08. The predicted molar refractivity (Wildman–Crippen MR) is 82.7 cm³/mol. The summed E-state index contributed by atoms with van der Waals surface area (Å²) in [5, 5.41) is 16.9. The van der Waals surface area contributed by atoms with Crippen LogP contribution in [0.3, 0.4) is 0 Å². The van der Waals surface area contributed by atoms with Crippen LogP contribution in [0, 0.1) is 0 Å². The molecule has 0 unspecified atom stereocenters. The lowest BCUT2D eigenvalue weighted by Gasteiger charge is -2.21. The van der Waals surface area contributed by atoms with E-state index in [9.17, 15) is 23.0 Å². The van der Waals surface area contributed by atoms with Gasteiger partial charge in [-0.3, -0.25) is 4.79 Å². The van der Waals surface area contributed by atoms with E-state index < -0.39 is 19.3 Å². The smallest absolute Gasteiger partial charge is 0.475 e. The van der Waals surface area contributed by atoms with Gasteiger partial charge in [-0.15, -0.1) is 0 Å². The fourth-order valence-corrected chi connectivity index (χ4v) is 2.21. The molecule has 1 aliphatic rings. The molecule has 7 nitrogen and oxygen atoms in total. The number of amides is 1. The van der Waals surface area contributed by atoms with E-state index >= 15 is 0 Å². The molecule has 1 aliphatic heterocycles. The molecule has 11 heteroatoms. The first-order valence-electron chi connectivity index (χ1n) is 7.24. The van der Waals surface area contributed by atoms with Gasteiger partial charge in [0, 0.05) is 26.6 Å². The number of rotatable bonds is 4. The summed E-state index contributed by atoms with van der Waals surface area (Å²) in [5.41, 5.74) is 8.19. The Morgan fingerprint density at radius 3 is 2.48 bits per heavy atom. The van der Waals surface area contributed by atoms with Gasteiger partial charge in [-0.2, -0.15) is 13.2 Å². The van der Waals surface area contributed by atoms with Crippen molar-refractivity contribution in [1.29, 1.82) is 0 Å². The number of hydrogen-bond donors (Lipinski definition) is 3. The van der Waals surface area contributed by atoms with E-state index in [1.54, 1.807) is 4.90 Å². The zero-order valence-electron chi connectivity index (χ0n) is 13.4. The highest BCUT2D eigenvalue weighted by atomic mass is 19.4. The van der Waals surface area contributed by atoms with E-state index in [0.29, 0.717) is 26.2 Å². The number of nitrogens with zero attached hydrogens (tertiary/aromatic N) is 1. The quantitative estimate of drug-likeness (QED) is 0.642. The molecule has 0 atom stereocenters. The average Bonchev–Trinajstić information content (AvgIpc) is 2.89. The van der Waals surface area contributed by atoms with Gasteiger partial charge in [-0.05, 0) is 16.6 Å². The summed E-state index contributed by atoms with van der Waals surface area (Å²) < 4.78 is 36.9. The van der Waals surface area contributed by atoms with E-state index in [0.717, 1.165) is 16.6 Å². The van der Waals surface area contributed by atoms with Crippen LogP contribution in [0.15, 0.2) is 18.2 Å². The number of benzene rings is 1. The van der Waals surface area contributed by atoms with Crippen LogP contribution in [-0.2, 0) is 27.4 Å². The maximum absolute atomic E-state index is 11.5. The highest BCUT2D eigenvalue weighted by molar-refractivity contribution is 6.62. The molecule has 0 fully saturated rings. The van der Waals surface area contributed by atoms with Crippen molar-refractivity contribution in [3.63, 3.8) is 0 Å². The van der Waals surface area contributed by atoms with Crippen molar-refractivity contribution in [2.24, 2.45) is 5.73 Å². The number of carboxylic acids is 1. The zero-order chi connectivity index (χ0) is 19.2. The summed E-state index contributed by atoms with van der Waals surface area (Å²) in [7, 11) is -0.886. The standard InChI is InChI=1S/C12H17BN2O3.C2HF3O2/c1-9(16)15(6-5-14)7-10-3-2-4-11-8-18-13(17)12(10)11;3-2(4,5)1(6)7/h2-4,17H,5-8,14H2,1H3;(H,6,7). The van der Waals surface area contributed by atoms with Crippen molar-refractivity contribution in [3.05, 3.63) is 29.3 Å². The van der Waals surface area contributed by atoms with E-state index in [1.807, 2.05) is 18.2 Å². The van der Waals surface area contributed by atoms with Gasteiger partial charge in [-0.1, -0.05) is 18.2 Å². The number of halogens is 3. The Morgan fingerprint density at radius 1 is 1.40 bits per heavy atom. The maximum Gasteiger partial charge on any atom is 0.492 e. The van der Waals surface area contributed by atoms with Gasteiger partial charge in [-0.25, -0.2) is 4.79 Å². The van der Waals surface area contributed by atoms with Gasteiger partial charge in [0.1, 0.15) is 0 Å². The summed E-state index contributed by atoms with van der Waals surface area (Å²) in [6, 6.07) is 5.75. The van der Waals surface area contributed by atoms with Gasteiger partial charge >= 0.3 is 19.3 Å². The lowest BCUT2D eigenvalue weighted by atomic mass is 9.76. The molecule has 1 heterocycles. The van der Waals surface area contributed by atoms with Crippen LogP contribution in [0.25, 0.3) is 0 Å². The monoisotopic (exact) mass is 362 g/mol. The maximum atomic E-state index is 11.5. The summed E-state index contributed by atoms with van der Waals surface area (Å²) >= 11 is 0. The lowest BCUT2D eigenvalue weighted by Crippen LogP contribution is -2.38. The Labute approximate surface area is 142 Å². The van der Waals surface area contributed by atoms with Crippen molar-refractivity contribution < 1.29 is 37.5 Å². The number of carbonyl (C=O) groups excluding carboxylic acids is 1. The molecule has 1 aromatic rings. The van der Waals surface area contributed by atoms with Crippen molar-refractivity contribution in [1.82, 2.24) is 4.90 Å². The van der Waals surface area contributed by atoms with Crippen LogP contribution in [0.2, 0.25) is 0 Å². The van der Waals surface area contributed by atoms with Crippen molar-refractivity contribution in [3.8, 4) is 0 Å². The third-order valence-electron chi connectivity index (χ3n) is 3.38. The largest absolute Gasteiger partial charge is 0.492 e. The van der Waals surface area contributed by atoms with Gasteiger partial charge < -0.3 is 25.4 Å². The predicted octanol–water partition coefficient (Wildman–Crippen LogP) is -0.155. The van der Waals surface area contributed by atoms with Gasteiger partial charge in [0.25, 0.3) is 0 Å². The number of carbonyl (C=O) groups is 2. The number of alkyl halides is 3. The fourth-order valence-electron chi connectivity index (χ4n) is 2.21. The average molecular weight is 362 g/mol. The number of hydrogen-bond acceptors (Lipinski definition) is 5. The zero-order valence-corrected chi connectivity index (χ0v) is 13.4. The third-order valence-corrected chi connectivity index (χ3v) is 3.38. The van der Waals surface area contributed by atoms with E-state index in [2.05, 4.69) is 0 Å². The van der Waals surface area contributed by atoms with Crippen LogP contribution in [0.5, 0.6) is 0 Å². The van der Waals surface area contributed by atoms with E-state index in [4.69, 9.17) is 20.3 Å². The molecule has 4 N–H and O–H groups in total. The summed E-state index contributed by atoms with van der Waals surface area (Å²) in [6.07, 6.45) is -5.08. The molecule has 138 valence electrons. The number of nitrogens with two attached hydrogens (primary N) is 1. The Balaban J connectivity index is 0.000000381. The molecule has 0 saturated heterocycles. The second kappa shape index (κ2) is 8.83. The first-order chi connectivity index (χ1) is 11.6. The number of carboxylic acid groups (broad SMARTS) is 1. The topological polar surface area (TPSA) is 113 Å². The highest BCUT2D eigenvalue weighted by Crippen LogP contribution is 2.14. The lowest BCUT2D eigenvalue weighted by molar-refractivity contribution is -0.192. The minimum Gasteiger partial charge on any atom is -0.475 e.